The van der Waals surface area contributed by atoms with Crippen molar-refractivity contribution in [2.24, 2.45) is 0 Å². The molecule has 1 aliphatic heterocycles. The molecular formula is C36H40O7. The second kappa shape index (κ2) is 17.0. The maximum absolute atomic E-state index is 9.60. The van der Waals surface area contributed by atoms with Crippen LogP contribution in [0.1, 0.15) is 22.3 Å². The summed E-state index contributed by atoms with van der Waals surface area (Å²) in [6.07, 6.45) is -3.06. The van der Waals surface area contributed by atoms with Crippen molar-refractivity contribution in [3.8, 4) is 0 Å². The third-order valence-electron chi connectivity index (χ3n) is 7.21. The van der Waals surface area contributed by atoms with Gasteiger partial charge in [-0.3, -0.25) is 0 Å². The van der Waals surface area contributed by atoms with Crippen molar-refractivity contribution in [1.29, 1.82) is 0 Å². The highest BCUT2D eigenvalue weighted by atomic mass is 16.7. The van der Waals surface area contributed by atoms with Crippen LogP contribution in [0.25, 0.3) is 0 Å². The number of aliphatic hydroxyl groups is 1. The zero-order valence-electron chi connectivity index (χ0n) is 24.3. The number of aliphatic hydroxyl groups excluding tert-OH is 1. The first-order chi connectivity index (χ1) is 21.3. The largest absolute Gasteiger partial charge is 0.394 e. The van der Waals surface area contributed by atoms with E-state index >= 15 is 0 Å². The summed E-state index contributed by atoms with van der Waals surface area (Å²) >= 11 is 0. The molecule has 0 spiro atoms. The number of rotatable bonds is 16. The molecule has 0 aliphatic carbocycles. The molecule has 5 rings (SSSR count). The minimum absolute atomic E-state index is 0.0917. The Labute approximate surface area is 253 Å². The molecule has 1 saturated heterocycles. The Morgan fingerprint density at radius 3 is 1.37 bits per heavy atom. The van der Waals surface area contributed by atoms with E-state index in [1.54, 1.807) is 0 Å². The summed E-state index contributed by atoms with van der Waals surface area (Å²) in [5.74, 6) is 0. The van der Waals surface area contributed by atoms with Gasteiger partial charge in [-0.15, -0.1) is 0 Å². The standard InChI is InChI=1S/C36H40O7/c37-21-22-39-36-35(42-26-31-19-11-4-12-20-31)34(41-25-30-17-9-3-10-18-30)33(40-24-29-15-7-2-8-16-29)32(43-36)27-38-23-28-13-5-1-6-14-28/h1-20,32-37H,21-27H2. The first kappa shape index (κ1) is 31.0. The fourth-order valence-corrected chi connectivity index (χ4v) is 5.05. The number of hydrogen-bond acceptors (Lipinski definition) is 7. The average Bonchev–Trinajstić information content (AvgIpc) is 3.07. The molecule has 0 radical (unpaired) electrons. The monoisotopic (exact) mass is 584 g/mol. The van der Waals surface area contributed by atoms with Crippen molar-refractivity contribution in [2.45, 2.75) is 57.1 Å². The van der Waals surface area contributed by atoms with Crippen LogP contribution < -0.4 is 0 Å². The molecule has 0 bridgehead atoms. The quantitative estimate of drug-likeness (QED) is 0.181. The van der Waals surface area contributed by atoms with Gasteiger partial charge >= 0.3 is 0 Å². The lowest BCUT2D eigenvalue weighted by Gasteiger charge is -2.45. The minimum Gasteiger partial charge on any atom is -0.394 e. The third kappa shape index (κ3) is 9.55. The van der Waals surface area contributed by atoms with Crippen LogP contribution in [-0.4, -0.2) is 55.6 Å². The molecule has 0 aromatic heterocycles. The van der Waals surface area contributed by atoms with Gasteiger partial charge in [-0.25, -0.2) is 0 Å². The zero-order valence-corrected chi connectivity index (χ0v) is 24.3. The highest BCUT2D eigenvalue weighted by Crippen LogP contribution is 2.31. The van der Waals surface area contributed by atoms with E-state index in [1.165, 1.54) is 0 Å². The molecule has 7 nitrogen and oxygen atoms in total. The summed E-state index contributed by atoms with van der Waals surface area (Å²) < 4.78 is 38.5. The van der Waals surface area contributed by atoms with Crippen molar-refractivity contribution >= 4 is 0 Å². The van der Waals surface area contributed by atoms with Gasteiger partial charge in [0.1, 0.15) is 24.4 Å². The highest BCUT2D eigenvalue weighted by molar-refractivity contribution is 5.16. The molecule has 226 valence electrons. The molecule has 43 heavy (non-hydrogen) atoms. The van der Waals surface area contributed by atoms with Gasteiger partial charge in [0.15, 0.2) is 6.29 Å². The van der Waals surface area contributed by atoms with Gasteiger partial charge < -0.3 is 33.5 Å². The molecular weight excluding hydrogens is 544 g/mol. The lowest BCUT2D eigenvalue weighted by molar-refractivity contribution is -0.329. The Kier molecular flexibility index (Phi) is 12.3. The van der Waals surface area contributed by atoms with E-state index in [9.17, 15) is 5.11 Å². The van der Waals surface area contributed by atoms with Crippen molar-refractivity contribution in [2.75, 3.05) is 19.8 Å². The van der Waals surface area contributed by atoms with Crippen LogP contribution in [-0.2, 0) is 54.8 Å². The Balaban J connectivity index is 1.41. The maximum Gasteiger partial charge on any atom is 0.187 e. The van der Waals surface area contributed by atoms with Crippen molar-refractivity contribution in [3.63, 3.8) is 0 Å². The van der Waals surface area contributed by atoms with Crippen molar-refractivity contribution < 1.29 is 33.5 Å². The molecule has 5 unspecified atom stereocenters. The van der Waals surface area contributed by atoms with Gasteiger partial charge in [0.2, 0.25) is 0 Å². The van der Waals surface area contributed by atoms with Crippen molar-refractivity contribution in [3.05, 3.63) is 144 Å². The molecule has 7 heteroatoms. The normalized spacial score (nSPS) is 21.9. The second-order valence-corrected chi connectivity index (χ2v) is 10.4. The van der Waals surface area contributed by atoms with E-state index in [0.29, 0.717) is 26.4 Å². The first-order valence-corrected chi connectivity index (χ1v) is 14.8. The molecule has 1 fully saturated rings. The fraction of sp³-hybridized carbons (Fsp3) is 0.333. The van der Waals surface area contributed by atoms with Crippen LogP contribution in [0.15, 0.2) is 121 Å². The summed E-state index contributed by atoms with van der Waals surface area (Å²) in [4.78, 5) is 0. The first-order valence-electron chi connectivity index (χ1n) is 14.8. The summed E-state index contributed by atoms with van der Waals surface area (Å²) in [6, 6.07) is 40.0. The third-order valence-corrected chi connectivity index (χ3v) is 7.21. The van der Waals surface area contributed by atoms with E-state index in [1.807, 2.05) is 121 Å². The number of benzene rings is 4. The van der Waals surface area contributed by atoms with Crippen LogP contribution in [0.2, 0.25) is 0 Å². The molecule has 4 aromatic rings. The highest BCUT2D eigenvalue weighted by Gasteiger charge is 2.49. The van der Waals surface area contributed by atoms with Gasteiger partial charge in [-0.2, -0.15) is 0 Å². The van der Waals surface area contributed by atoms with E-state index in [2.05, 4.69) is 0 Å². The Morgan fingerprint density at radius 2 is 0.907 bits per heavy atom. The summed E-state index contributed by atoms with van der Waals surface area (Å²) in [5, 5.41) is 9.60. The maximum atomic E-state index is 9.60. The van der Waals surface area contributed by atoms with E-state index in [0.717, 1.165) is 22.3 Å². The minimum atomic E-state index is -0.807. The van der Waals surface area contributed by atoms with Gasteiger partial charge in [-0.1, -0.05) is 121 Å². The fourth-order valence-electron chi connectivity index (χ4n) is 5.05. The van der Waals surface area contributed by atoms with Gasteiger partial charge in [-0.05, 0) is 22.3 Å². The lowest BCUT2D eigenvalue weighted by atomic mass is 9.97. The predicted molar refractivity (Wildman–Crippen MR) is 163 cm³/mol. The van der Waals surface area contributed by atoms with E-state index in [4.69, 9.17) is 28.4 Å². The lowest BCUT2D eigenvalue weighted by Crippen LogP contribution is -2.61. The summed E-state index contributed by atoms with van der Waals surface area (Å²) in [6.45, 7) is 1.68. The summed E-state index contributed by atoms with van der Waals surface area (Å²) in [7, 11) is 0. The Hall–Kier alpha value is -3.40. The molecule has 0 saturated carbocycles. The second-order valence-electron chi connectivity index (χ2n) is 10.4. The van der Waals surface area contributed by atoms with E-state index in [-0.39, 0.29) is 19.8 Å². The average molecular weight is 585 g/mol. The SMILES string of the molecule is OCCOC1OC(COCc2ccccc2)C(OCc2ccccc2)C(OCc2ccccc2)C1OCc1ccccc1. The van der Waals surface area contributed by atoms with Crippen LogP contribution in [0.5, 0.6) is 0 Å². The predicted octanol–water partition coefficient (Wildman–Crippen LogP) is 5.69. The molecule has 1 N–H and O–H groups in total. The van der Waals surface area contributed by atoms with Gasteiger partial charge in [0.25, 0.3) is 0 Å². The zero-order chi connectivity index (χ0) is 29.5. The van der Waals surface area contributed by atoms with Gasteiger partial charge in [0.05, 0.1) is 46.2 Å². The number of hydrogen-bond donors (Lipinski definition) is 1. The molecule has 1 aliphatic rings. The van der Waals surface area contributed by atoms with Crippen LogP contribution in [0, 0.1) is 0 Å². The van der Waals surface area contributed by atoms with Crippen LogP contribution in [0.3, 0.4) is 0 Å². The van der Waals surface area contributed by atoms with Crippen LogP contribution in [0.4, 0.5) is 0 Å². The summed E-state index contributed by atoms with van der Waals surface area (Å²) in [5.41, 5.74) is 4.14. The smallest absolute Gasteiger partial charge is 0.187 e. The number of ether oxygens (including phenoxy) is 6. The van der Waals surface area contributed by atoms with Gasteiger partial charge in [0, 0.05) is 0 Å². The van der Waals surface area contributed by atoms with Crippen molar-refractivity contribution in [1.82, 2.24) is 0 Å². The molecule has 0 amide bonds. The molecule has 4 aromatic carbocycles. The van der Waals surface area contributed by atoms with Crippen LogP contribution >= 0.6 is 0 Å². The Morgan fingerprint density at radius 1 is 0.488 bits per heavy atom. The topological polar surface area (TPSA) is 75.6 Å². The van der Waals surface area contributed by atoms with E-state index < -0.39 is 30.7 Å². The Bertz CT molecular complexity index is 1290. The molecule has 1 heterocycles. The molecule has 5 atom stereocenters.